The van der Waals surface area contributed by atoms with Gasteiger partial charge < -0.3 is 14.5 Å². The number of amides is 1. The molecule has 1 fully saturated rings. The Morgan fingerprint density at radius 3 is 2.46 bits per heavy atom. The van der Waals surface area contributed by atoms with Crippen molar-refractivity contribution in [2.45, 2.75) is 6.54 Å². The molecule has 7 nitrogen and oxygen atoms in total. The van der Waals surface area contributed by atoms with E-state index in [-0.39, 0.29) is 5.91 Å². The van der Waals surface area contributed by atoms with Crippen molar-refractivity contribution in [2.24, 2.45) is 0 Å². The van der Waals surface area contributed by atoms with E-state index in [1.165, 1.54) is 0 Å². The number of nitrogens with zero attached hydrogens (tertiary/aromatic N) is 5. The minimum atomic E-state index is -0.0967. The summed E-state index contributed by atoms with van der Waals surface area (Å²) in [6.07, 6.45) is 3.62. The lowest BCUT2D eigenvalue weighted by Crippen LogP contribution is -2.36. The summed E-state index contributed by atoms with van der Waals surface area (Å²) >= 11 is 6.10. The van der Waals surface area contributed by atoms with Crippen LogP contribution in [0.15, 0.2) is 79.1 Å². The van der Waals surface area contributed by atoms with Gasteiger partial charge in [0.15, 0.2) is 0 Å². The number of para-hydroxylation sites is 1. The third-order valence-corrected chi connectivity index (χ3v) is 6.26. The van der Waals surface area contributed by atoms with Gasteiger partial charge in [0, 0.05) is 55.2 Å². The first-order valence-corrected chi connectivity index (χ1v) is 11.9. The van der Waals surface area contributed by atoms with Gasteiger partial charge in [-0.2, -0.15) is 5.10 Å². The summed E-state index contributed by atoms with van der Waals surface area (Å²) in [6, 6.07) is 21.2. The maximum absolute atomic E-state index is 13.2. The monoisotopic (exact) mass is 487 g/mol. The van der Waals surface area contributed by atoms with Gasteiger partial charge in [-0.3, -0.25) is 4.79 Å². The summed E-state index contributed by atoms with van der Waals surface area (Å²) in [5, 5.41) is 5.50. The molecule has 8 heteroatoms. The van der Waals surface area contributed by atoms with E-state index in [9.17, 15) is 4.79 Å². The second kappa shape index (κ2) is 10.3. The molecule has 0 unspecified atom stereocenters. The van der Waals surface area contributed by atoms with Crippen molar-refractivity contribution in [1.29, 1.82) is 0 Å². The Morgan fingerprint density at radius 2 is 1.77 bits per heavy atom. The number of halogens is 1. The summed E-state index contributed by atoms with van der Waals surface area (Å²) < 4.78 is 7.25. The van der Waals surface area contributed by atoms with E-state index in [1.54, 1.807) is 18.1 Å². The van der Waals surface area contributed by atoms with Crippen LogP contribution in [-0.4, -0.2) is 58.9 Å². The Bertz CT molecular complexity index is 1280. The van der Waals surface area contributed by atoms with Gasteiger partial charge in [0.2, 0.25) is 0 Å². The van der Waals surface area contributed by atoms with Crippen LogP contribution >= 0.6 is 11.6 Å². The normalized spacial score (nSPS) is 13.6. The van der Waals surface area contributed by atoms with E-state index < -0.39 is 0 Å². The van der Waals surface area contributed by atoms with Crippen molar-refractivity contribution >= 4 is 23.3 Å². The molecular formula is C27H26ClN5O2. The first kappa shape index (κ1) is 23.1. The van der Waals surface area contributed by atoms with Gasteiger partial charge in [0.25, 0.3) is 5.91 Å². The molecule has 1 amide bonds. The number of hydrogen-bond acceptors (Lipinski definition) is 5. The summed E-state index contributed by atoms with van der Waals surface area (Å²) in [6.45, 7) is 3.39. The Balaban J connectivity index is 1.38. The van der Waals surface area contributed by atoms with E-state index in [4.69, 9.17) is 21.4 Å². The average molecular weight is 488 g/mol. The van der Waals surface area contributed by atoms with Crippen LogP contribution in [0.4, 0.5) is 5.82 Å². The van der Waals surface area contributed by atoms with E-state index in [0.717, 1.165) is 41.4 Å². The first-order valence-electron chi connectivity index (χ1n) is 11.5. The van der Waals surface area contributed by atoms with E-state index in [1.807, 2.05) is 77.6 Å². The molecule has 2 aromatic carbocycles. The van der Waals surface area contributed by atoms with Crippen LogP contribution in [0, 0.1) is 0 Å². The van der Waals surface area contributed by atoms with Crippen molar-refractivity contribution in [1.82, 2.24) is 19.7 Å². The molecule has 3 heterocycles. The highest BCUT2D eigenvalue weighted by Crippen LogP contribution is 2.26. The van der Waals surface area contributed by atoms with Gasteiger partial charge >= 0.3 is 0 Å². The second-order valence-electron chi connectivity index (χ2n) is 8.46. The molecule has 1 aliphatic heterocycles. The van der Waals surface area contributed by atoms with Gasteiger partial charge in [0.1, 0.15) is 5.82 Å². The third kappa shape index (κ3) is 5.21. The Morgan fingerprint density at radius 1 is 1.03 bits per heavy atom. The summed E-state index contributed by atoms with van der Waals surface area (Å²) in [7, 11) is 1.80. The largest absolute Gasteiger partial charge is 0.378 e. The molecule has 0 N–H and O–H groups in total. The molecule has 0 saturated carbocycles. The predicted octanol–water partition coefficient (Wildman–Crippen LogP) is 4.70. The quantitative estimate of drug-likeness (QED) is 0.394. The first-order chi connectivity index (χ1) is 17.1. The van der Waals surface area contributed by atoms with E-state index in [0.29, 0.717) is 30.3 Å². The van der Waals surface area contributed by atoms with Crippen molar-refractivity contribution < 1.29 is 9.53 Å². The van der Waals surface area contributed by atoms with Gasteiger partial charge in [-0.1, -0.05) is 41.9 Å². The molecule has 0 spiro atoms. The maximum Gasteiger partial charge on any atom is 0.255 e. The fraction of sp³-hybridized carbons (Fsp3) is 0.222. The number of hydrogen-bond donors (Lipinski definition) is 0. The number of carbonyl (C=O) groups is 1. The number of benzene rings is 2. The van der Waals surface area contributed by atoms with Gasteiger partial charge in [0.05, 0.1) is 30.2 Å². The van der Waals surface area contributed by atoms with Crippen LogP contribution in [0.25, 0.3) is 16.9 Å². The number of aromatic nitrogens is 3. The van der Waals surface area contributed by atoms with Crippen molar-refractivity contribution in [3.8, 4) is 16.9 Å². The standard InChI is InChI=1S/C27H26ClN5O2/c1-31(27(34)21-9-12-25(29-17-21)32-13-15-35-16-14-32)18-22-19-33(24-5-3-2-4-6-24)30-26(22)20-7-10-23(28)11-8-20/h2-12,17,19H,13-16,18H2,1H3. The van der Waals surface area contributed by atoms with Gasteiger partial charge in [-0.15, -0.1) is 0 Å². The Hall–Kier alpha value is -3.68. The van der Waals surface area contributed by atoms with Crippen LogP contribution in [-0.2, 0) is 11.3 Å². The highest BCUT2D eigenvalue weighted by molar-refractivity contribution is 6.30. The maximum atomic E-state index is 13.2. The summed E-state index contributed by atoms with van der Waals surface area (Å²) in [5.41, 5.74) is 4.19. The number of rotatable bonds is 6. The Kier molecular flexibility index (Phi) is 6.79. The topological polar surface area (TPSA) is 63.5 Å². The molecule has 0 atom stereocenters. The number of carbonyl (C=O) groups excluding carboxylic acids is 1. The van der Waals surface area contributed by atoms with E-state index >= 15 is 0 Å². The number of pyridine rings is 1. The van der Waals surface area contributed by atoms with Gasteiger partial charge in [-0.25, -0.2) is 9.67 Å². The molecule has 2 aromatic heterocycles. The third-order valence-electron chi connectivity index (χ3n) is 6.01. The van der Waals surface area contributed by atoms with Crippen molar-refractivity contribution in [2.75, 3.05) is 38.3 Å². The zero-order chi connectivity index (χ0) is 24.2. The smallest absolute Gasteiger partial charge is 0.255 e. The lowest BCUT2D eigenvalue weighted by atomic mass is 10.1. The molecular weight excluding hydrogens is 462 g/mol. The number of morpholine rings is 1. The molecule has 1 aliphatic rings. The number of ether oxygens (including phenoxy) is 1. The molecule has 35 heavy (non-hydrogen) atoms. The Labute approximate surface area is 209 Å². The molecule has 0 aliphatic carbocycles. The van der Waals surface area contributed by atoms with Crippen LogP contribution < -0.4 is 4.90 Å². The average Bonchev–Trinajstić information content (AvgIpc) is 3.33. The highest BCUT2D eigenvalue weighted by Gasteiger charge is 2.19. The van der Waals surface area contributed by atoms with Crippen molar-refractivity contribution in [3.05, 3.63) is 95.3 Å². The molecule has 0 radical (unpaired) electrons. The minimum absolute atomic E-state index is 0.0967. The highest BCUT2D eigenvalue weighted by atomic mass is 35.5. The zero-order valence-corrected chi connectivity index (χ0v) is 20.2. The molecule has 5 rings (SSSR count). The summed E-state index contributed by atoms with van der Waals surface area (Å²) in [5.74, 6) is 0.766. The summed E-state index contributed by atoms with van der Waals surface area (Å²) in [4.78, 5) is 21.6. The second-order valence-corrected chi connectivity index (χ2v) is 8.89. The molecule has 1 saturated heterocycles. The molecule has 4 aromatic rings. The lowest BCUT2D eigenvalue weighted by Gasteiger charge is -2.27. The van der Waals surface area contributed by atoms with Crippen molar-refractivity contribution in [3.63, 3.8) is 0 Å². The van der Waals surface area contributed by atoms with E-state index in [2.05, 4.69) is 9.88 Å². The molecule has 0 bridgehead atoms. The van der Waals surface area contributed by atoms with Crippen LogP contribution in [0.2, 0.25) is 5.02 Å². The fourth-order valence-corrected chi connectivity index (χ4v) is 4.25. The minimum Gasteiger partial charge on any atom is -0.378 e. The molecule has 178 valence electrons. The van der Waals surface area contributed by atoms with Crippen LogP contribution in [0.1, 0.15) is 15.9 Å². The van der Waals surface area contributed by atoms with Crippen LogP contribution in [0.3, 0.4) is 0 Å². The predicted molar refractivity (Wildman–Crippen MR) is 137 cm³/mol. The van der Waals surface area contributed by atoms with Crippen LogP contribution in [0.5, 0.6) is 0 Å². The SMILES string of the molecule is CN(Cc1cn(-c2ccccc2)nc1-c1ccc(Cl)cc1)C(=O)c1ccc(N2CCOCC2)nc1. The fourth-order valence-electron chi connectivity index (χ4n) is 4.13. The lowest BCUT2D eigenvalue weighted by molar-refractivity contribution is 0.0785. The van der Waals surface area contributed by atoms with Gasteiger partial charge in [-0.05, 0) is 36.4 Å². The zero-order valence-electron chi connectivity index (χ0n) is 19.5. The number of anilines is 1.